The maximum atomic E-state index is 11.8. The minimum Gasteiger partial charge on any atom is -0.459 e. The smallest absolute Gasteiger partial charge is 0.287 e. The summed E-state index contributed by atoms with van der Waals surface area (Å²) in [4.78, 5) is 12.7. The first kappa shape index (κ1) is 13.9. The van der Waals surface area contributed by atoms with Crippen LogP contribution in [0.15, 0.2) is 53.1 Å². The molecule has 0 aliphatic rings. The number of aliphatic hydroxyl groups is 1. The van der Waals surface area contributed by atoms with Crippen molar-refractivity contribution in [3.63, 3.8) is 0 Å². The van der Waals surface area contributed by atoms with E-state index in [1.807, 2.05) is 30.3 Å². The number of nitrogens with one attached hydrogen (secondary N) is 1. The van der Waals surface area contributed by atoms with Gasteiger partial charge in [0.1, 0.15) is 5.60 Å². The lowest BCUT2D eigenvalue weighted by Gasteiger charge is -2.21. The molecule has 2 N–H and O–H groups in total. The molecule has 2 heterocycles. The van der Waals surface area contributed by atoms with Gasteiger partial charge in [0.15, 0.2) is 5.76 Å². The third-order valence-electron chi connectivity index (χ3n) is 3.29. The van der Waals surface area contributed by atoms with E-state index in [9.17, 15) is 9.90 Å². The van der Waals surface area contributed by atoms with E-state index in [0.29, 0.717) is 0 Å². The van der Waals surface area contributed by atoms with Crippen LogP contribution in [0.25, 0.3) is 10.1 Å². The number of hydrogen-bond acceptors (Lipinski definition) is 4. The number of hydrogen-bond donors (Lipinski definition) is 2. The van der Waals surface area contributed by atoms with Gasteiger partial charge in [-0.1, -0.05) is 18.2 Å². The predicted octanol–water partition coefficient (Wildman–Crippen LogP) is 3.13. The molecule has 0 aliphatic heterocycles. The molecular weight excluding hydrogens is 286 g/mol. The second-order valence-electron chi connectivity index (χ2n) is 5.08. The van der Waals surface area contributed by atoms with Crippen LogP contribution in [0.3, 0.4) is 0 Å². The molecule has 0 fully saturated rings. The molecule has 0 spiro atoms. The van der Waals surface area contributed by atoms with Crippen LogP contribution < -0.4 is 5.32 Å². The summed E-state index contributed by atoms with van der Waals surface area (Å²) in [7, 11) is 0. The number of carbonyl (C=O) groups excluding carboxylic acids is 1. The van der Waals surface area contributed by atoms with E-state index in [0.717, 1.165) is 15.0 Å². The normalized spacial score (nSPS) is 14.0. The SMILES string of the molecule is C[C@](O)(CNC(=O)c1ccco1)c1cc2ccccc2s1. The minimum absolute atomic E-state index is 0.124. The van der Waals surface area contributed by atoms with Gasteiger partial charge in [0.25, 0.3) is 5.91 Å². The fraction of sp³-hybridized carbons (Fsp3) is 0.188. The van der Waals surface area contributed by atoms with Crippen molar-refractivity contribution >= 4 is 27.3 Å². The van der Waals surface area contributed by atoms with E-state index in [2.05, 4.69) is 5.32 Å². The average Bonchev–Trinajstić information content (AvgIpc) is 3.13. The Morgan fingerprint density at radius 2 is 2.14 bits per heavy atom. The molecule has 0 aliphatic carbocycles. The van der Waals surface area contributed by atoms with Crippen molar-refractivity contribution in [3.05, 3.63) is 59.4 Å². The van der Waals surface area contributed by atoms with Gasteiger partial charge >= 0.3 is 0 Å². The van der Waals surface area contributed by atoms with E-state index in [1.165, 1.54) is 17.6 Å². The summed E-state index contributed by atoms with van der Waals surface area (Å²) >= 11 is 1.53. The Morgan fingerprint density at radius 3 is 2.86 bits per heavy atom. The zero-order valence-electron chi connectivity index (χ0n) is 11.5. The summed E-state index contributed by atoms with van der Waals surface area (Å²) < 4.78 is 6.14. The summed E-state index contributed by atoms with van der Waals surface area (Å²) in [6.45, 7) is 1.82. The lowest BCUT2D eigenvalue weighted by atomic mass is 10.0. The van der Waals surface area contributed by atoms with Crippen molar-refractivity contribution < 1.29 is 14.3 Å². The lowest BCUT2D eigenvalue weighted by molar-refractivity contribution is 0.0549. The van der Waals surface area contributed by atoms with Crippen molar-refractivity contribution in [1.29, 1.82) is 0 Å². The summed E-state index contributed by atoms with van der Waals surface area (Å²) in [5.41, 5.74) is -1.12. The molecule has 0 bridgehead atoms. The van der Waals surface area contributed by atoms with Crippen molar-refractivity contribution in [3.8, 4) is 0 Å². The molecule has 5 heteroatoms. The number of carbonyl (C=O) groups is 1. The van der Waals surface area contributed by atoms with E-state index in [-0.39, 0.29) is 18.2 Å². The molecule has 21 heavy (non-hydrogen) atoms. The minimum atomic E-state index is -1.12. The van der Waals surface area contributed by atoms with E-state index < -0.39 is 5.60 Å². The number of fused-ring (bicyclic) bond motifs is 1. The van der Waals surface area contributed by atoms with Crippen LogP contribution in [0.5, 0.6) is 0 Å². The number of amides is 1. The van der Waals surface area contributed by atoms with Gasteiger partial charge in [-0.2, -0.15) is 0 Å². The fourth-order valence-electron chi connectivity index (χ4n) is 2.08. The van der Waals surface area contributed by atoms with Crippen molar-refractivity contribution in [1.82, 2.24) is 5.32 Å². The molecule has 1 aromatic carbocycles. The lowest BCUT2D eigenvalue weighted by Crippen LogP contribution is -2.37. The topological polar surface area (TPSA) is 62.5 Å². The van der Waals surface area contributed by atoms with Gasteiger partial charge in [-0.15, -0.1) is 11.3 Å². The molecular formula is C16H15NO3S. The number of furan rings is 1. The van der Waals surface area contributed by atoms with E-state index >= 15 is 0 Å². The second-order valence-corrected chi connectivity index (χ2v) is 6.17. The van der Waals surface area contributed by atoms with Crippen LogP contribution in [0.2, 0.25) is 0 Å². The highest BCUT2D eigenvalue weighted by molar-refractivity contribution is 7.19. The Balaban J connectivity index is 1.75. The van der Waals surface area contributed by atoms with Crippen molar-refractivity contribution in [2.24, 2.45) is 0 Å². The summed E-state index contributed by atoms with van der Waals surface area (Å²) in [5.74, 6) is -0.0940. The van der Waals surface area contributed by atoms with Crippen LogP contribution in [0.4, 0.5) is 0 Å². The number of benzene rings is 1. The summed E-state index contributed by atoms with van der Waals surface area (Å²) in [6, 6.07) is 13.2. The molecule has 3 rings (SSSR count). The third-order valence-corrected chi connectivity index (χ3v) is 4.66. The van der Waals surface area contributed by atoms with Gasteiger partial charge in [0.2, 0.25) is 0 Å². The first-order valence-corrected chi connectivity index (χ1v) is 7.41. The van der Waals surface area contributed by atoms with E-state index in [4.69, 9.17) is 4.42 Å². The quantitative estimate of drug-likeness (QED) is 0.778. The Bertz CT molecular complexity index is 726. The average molecular weight is 301 g/mol. The molecule has 0 radical (unpaired) electrons. The Morgan fingerprint density at radius 1 is 1.33 bits per heavy atom. The van der Waals surface area contributed by atoms with Gasteiger partial charge < -0.3 is 14.8 Å². The van der Waals surface area contributed by atoms with Gasteiger partial charge in [0, 0.05) is 9.58 Å². The predicted molar refractivity (Wildman–Crippen MR) is 82.4 cm³/mol. The van der Waals surface area contributed by atoms with E-state index in [1.54, 1.807) is 19.1 Å². The Hall–Kier alpha value is -2.11. The maximum Gasteiger partial charge on any atom is 0.287 e. The molecule has 108 valence electrons. The van der Waals surface area contributed by atoms with Crippen LogP contribution >= 0.6 is 11.3 Å². The van der Waals surface area contributed by atoms with Crippen molar-refractivity contribution in [2.75, 3.05) is 6.54 Å². The maximum absolute atomic E-state index is 11.8. The fourth-order valence-corrected chi connectivity index (χ4v) is 3.19. The molecule has 0 saturated carbocycles. The Labute approximate surface area is 126 Å². The van der Waals surface area contributed by atoms with Crippen LogP contribution in [0.1, 0.15) is 22.4 Å². The number of rotatable bonds is 4. The number of thiophene rings is 1. The van der Waals surface area contributed by atoms with Gasteiger partial charge in [-0.25, -0.2) is 0 Å². The highest BCUT2D eigenvalue weighted by atomic mass is 32.1. The molecule has 3 aromatic rings. The van der Waals surface area contributed by atoms with Gasteiger partial charge in [-0.3, -0.25) is 4.79 Å². The molecule has 1 atom stereocenters. The summed E-state index contributed by atoms with van der Waals surface area (Å²) in [5, 5.41) is 14.4. The van der Waals surface area contributed by atoms with Crippen molar-refractivity contribution in [2.45, 2.75) is 12.5 Å². The molecule has 4 nitrogen and oxygen atoms in total. The first-order chi connectivity index (χ1) is 10.1. The first-order valence-electron chi connectivity index (χ1n) is 6.59. The molecule has 2 aromatic heterocycles. The zero-order valence-corrected chi connectivity index (χ0v) is 12.3. The highest BCUT2D eigenvalue weighted by Gasteiger charge is 2.26. The zero-order chi connectivity index (χ0) is 14.9. The largest absolute Gasteiger partial charge is 0.459 e. The molecule has 0 saturated heterocycles. The van der Waals surface area contributed by atoms with Gasteiger partial charge in [0.05, 0.1) is 12.8 Å². The van der Waals surface area contributed by atoms with Crippen LogP contribution in [-0.4, -0.2) is 17.6 Å². The van der Waals surface area contributed by atoms with Gasteiger partial charge in [-0.05, 0) is 36.6 Å². The third kappa shape index (κ3) is 2.84. The van der Waals surface area contributed by atoms with Crippen LogP contribution in [0, 0.1) is 0 Å². The van der Waals surface area contributed by atoms with Crippen LogP contribution in [-0.2, 0) is 5.60 Å². The Kier molecular flexibility index (Phi) is 3.53. The second kappa shape index (κ2) is 5.35. The standard InChI is InChI=1S/C16H15NO3S/c1-16(19,10-17-15(18)12-6-4-8-20-12)14-9-11-5-2-3-7-13(11)21-14/h2-9,19H,10H2,1H3,(H,17,18)/t16-/m0/s1. The monoisotopic (exact) mass is 301 g/mol. The highest BCUT2D eigenvalue weighted by Crippen LogP contribution is 2.32. The summed E-state index contributed by atoms with van der Waals surface area (Å²) in [6.07, 6.45) is 1.44. The molecule has 0 unspecified atom stereocenters. The molecule has 1 amide bonds.